The number of rotatable bonds is 8. The molecule has 3 heterocycles. The molecule has 0 radical (unpaired) electrons. The summed E-state index contributed by atoms with van der Waals surface area (Å²) in [5.74, 6) is -0.281. The Morgan fingerprint density at radius 2 is 1.93 bits per heavy atom. The van der Waals surface area contributed by atoms with Gasteiger partial charge in [0.15, 0.2) is 11.5 Å². The number of ether oxygens (including phenoxy) is 1. The fraction of sp³-hybridized carbons (Fsp3) is 0.344. The van der Waals surface area contributed by atoms with E-state index in [4.69, 9.17) is 9.26 Å². The molecule has 45 heavy (non-hydrogen) atoms. The summed E-state index contributed by atoms with van der Waals surface area (Å²) in [6.45, 7) is 7.36. The van der Waals surface area contributed by atoms with Gasteiger partial charge in [-0.2, -0.15) is 0 Å². The van der Waals surface area contributed by atoms with Gasteiger partial charge < -0.3 is 34.8 Å². The van der Waals surface area contributed by atoms with Gasteiger partial charge >= 0.3 is 6.03 Å². The normalized spacial score (nSPS) is 17.0. The number of anilines is 2. The van der Waals surface area contributed by atoms with E-state index in [1.165, 1.54) is 16.2 Å². The highest BCUT2D eigenvalue weighted by molar-refractivity contribution is 7.13. The summed E-state index contributed by atoms with van der Waals surface area (Å²) >= 11 is 1.51. The zero-order valence-corrected chi connectivity index (χ0v) is 26.6. The zero-order chi connectivity index (χ0) is 32.2. The first-order valence-corrected chi connectivity index (χ1v) is 15.4. The molecule has 0 unspecified atom stereocenters. The van der Waals surface area contributed by atoms with E-state index in [9.17, 15) is 19.5 Å². The molecule has 5 rings (SSSR count). The number of aromatic nitrogens is 2. The Hall–Kier alpha value is -4.75. The van der Waals surface area contributed by atoms with E-state index in [-0.39, 0.29) is 54.8 Å². The van der Waals surface area contributed by atoms with Gasteiger partial charge in [-0.25, -0.2) is 9.78 Å². The zero-order valence-electron chi connectivity index (χ0n) is 25.7. The smallest absolute Gasteiger partial charge is 0.321 e. The van der Waals surface area contributed by atoms with Crippen LogP contribution < -0.4 is 15.4 Å². The largest absolute Gasteiger partial charge is 0.485 e. The Morgan fingerprint density at radius 3 is 2.58 bits per heavy atom. The van der Waals surface area contributed by atoms with Crippen LogP contribution in [0.2, 0.25) is 0 Å². The van der Waals surface area contributed by atoms with E-state index < -0.39 is 12.1 Å². The molecule has 2 aromatic heterocycles. The molecule has 4 amide bonds. The number of benzene rings is 2. The first-order chi connectivity index (χ1) is 21.6. The SMILES string of the molecule is Cc1noc(C)c1NC(=O)N(C)C[C@@H]1Oc2c(NC(=O)c3ccc(-c4nccs4)cc3)cccc2C(=O)N([C@@H](C)CO)C[C@H]1C. The minimum atomic E-state index is -0.582. The second-order valence-electron chi connectivity index (χ2n) is 11.2. The second-order valence-corrected chi connectivity index (χ2v) is 12.1. The van der Waals surface area contributed by atoms with Crippen molar-refractivity contribution in [3.8, 4) is 16.3 Å². The van der Waals surface area contributed by atoms with Crippen molar-refractivity contribution < 1.29 is 28.8 Å². The van der Waals surface area contributed by atoms with Gasteiger partial charge in [-0.05, 0) is 45.0 Å². The highest BCUT2D eigenvalue weighted by Gasteiger charge is 2.35. The van der Waals surface area contributed by atoms with Crippen LogP contribution in [0.1, 0.15) is 46.0 Å². The van der Waals surface area contributed by atoms with Gasteiger partial charge in [-0.3, -0.25) is 9.59 Å². The van der Waals surface area contributed by atoms with Crippen LogP contribution in [-0.4, -0.2) is 81.8 Å². The van der Waals surface area contributed by atoms with E-state index in [2.05, 4.69) is 20.8 Å². The van der Waals surface area contributed by atoms with Crippen LogP contribution >= 0.6 is 11.3 Å². The van der Waals surface area contributed by atoms with Gasteiger partial charge in [0.25, 0.3) is 11.8 Å². The number of para-hydroxylation sites is 1. The number of amides is 4. The van der Waals surface area contributed by atoms with Gasteiger partial charge in [-0.1, -0.05) is 30.3 Å². The van der Waals surface area contributed by atoms with Crippen molar-refractivity contribution in [2.24, 2.45) is 5.92 Å². The molecule has 236 valence electrons. The number of urea groups is 1. The number of nitrogens with one attached hydrogen (secondary N) is 2. The van der Waals surface area contributed by atoms with E-state index in [1.54, 1.807) is 69.2 Å². The lowest BCUT2D eigenvalue weighted by molar-refractivity contribution is 0.0372. The van der Waals surface area contributed by atoms with Gasteiger partial charge in [-0.15, -0.1) is 11.3 Å². The lowest BCUT2D eigenvalue weighted by Gasteiger charge is -2.38. The lowest BCUT2D eigenvalue weighted by atomic mass is 9.99. The maximum absolute atomic E-state index is 13.8. The van der Waals surface area contributed by atoms with E-state index >= 15 is 0 Å². The minimum absolute atomic E-state index is 0.159. The average molecular weight is 633 g/mol. The van der Waals surface area contributed by atoms with E-state index in [0.29, 0.717) is 28.4 Å². The van der Waals surface area contributed by atoms with Crippen molar-refractivity contribution in [2.45, 2.75) is 39.8 Å². The monoisotopic (exact) mass is 632 g/mol. The fourth-order valence-electron chi connectivity index (χ4n) is 5.10. The number of hydrogen-bond donors (Lipinski definition) is 3. The van der Waals surface area contributed by atoms with Crippen LogP contribution in [0.15, 0.2) is 58.6 Å². The average Bonchev–Trinajstić information content (AvgIpc) is 3.69. The van der Waals surface area contributed by atoms with Crippen molar-refractivity contribution in [2.75, 3.05) is 37.4 Å². The number of thiazole rings is 1. The summed E-state index contributed by atoms with van der Waals surface area (Å²) in [6.07, 6.45) is 1.14. The van der Waals surface area contributed by atoms with Crippen molar-refractivity contribution in [1.82, 2.24) is 19.9 Å². The number of hydrogen-bond acceptors (Lipinski definition) is 9. The molecule has 1 aliphatic rings. The number of aliphatic hydroxyl groups is 1. The first kappa shape index (κ1) is 31.7. The van der Waals surface area contributed by atoms with Crippen LogP contribution in [0.25, 0.3) is 10.6 Å². The molecule has 12 nitrogen and oxygen atoms in total. The van der Waals surface area contributed by atoms with Crippen LogP contribution in [0.5, 0.6) is 5.75 Å². The maximum Gasteiger partial charge on any atom is 0.321 e. The Morgan fingerprint density at radius 1 is 1.18 bits per heavy atom. The van der Waals surface area contributed by atoms with Gasteiger partial charge in [0.2, 0.25) is 0 Å². The molecule has 0 aliphatic carbocycles. The maximum atomic E-state index is 13.8. The predicted molar refractivity (Wildman–Crippen MR) is 171 cm³/mol. The second kappa shape index (κ2) is 13.5. The van der Waals surface area contributed by atoms with E-state index in [0.717, 1.165) is 10.6 Å². The third-order valence-electron chi connectivity index (χ3n) is 7.83. The summed E-state index contributed by atoms with van der Waals surface area (Å²) in [6, 6.07) is 11.2. The number of nitrogens with zero attached hydrogens (tertiary/aromatic N) is 4. The number of carbonyl (C=O) groups excluding carboxylic acids is 3. The number of fused-ring (bicyclic) bond motifs is 1. The molecule has 2 aromatic carbocycles. The number of aryl methyl sites for hydroxylation is 2. The summed E-state index contributed by atoms with van der Waals surface area (Å²) in [7, 11) is 1.64. The van der Waals surface area contributed by atoms with Crippen LogP contribution in [0, 0.1) is 19.8 Å². The summed E-state index contributed by atoms with van der Waals surface area (Å²) in [5, 5.41) is 22.4. The molecule has 3 N–H and O–H groups in total. The Balaban J connectivity index is 1.43. The topological polar surface area (TPSA) is 150 Å². The number of likely N-dealkylation sites (N-methyl/N-ethyl adjacent to an activating group) is 1. The molecular formula is C32H36N6O6S. The Bertz CT molecular complexity index is 1650. The molecule has 0 bridgehead atoms. The standard InChI is InChI=1S/C32H36N6O6S/c1-18-15-38(19(2)17-39)31(41)24-7-6-8-25(34-29(40)22-9-11-23(12-10-22)30-33-13-14-45-30)28(24)43-26(18)16-37(5)32(42)35-27-20(3)36-44-21(27)4/h6-14,18-19,26,39H,15-17H2,1-5H3,(H,34,40)(H,35,42)/t18-,19+,26+/m1/s1. The fourth-order valence-corrected chi connectivity index (χ4v) is 5.75. The third kappa shape index (κ3) is 6.84. The first-order valence-electron chi connectivity index (χ1n) is 14.5. The molecule has 3 atom stereocenters. The van der Waals surface area contributed by atoms with Gasteiger partial charge in [0.05, 0.1) is 30.4 Å². The minimum Gasteiger partial charge on any atom is -0.485 e. The molecule has 13 heteroatoms. The van der Waals surface area contributed by atoms with Crippen molar-refractivity contribution in [1.29, 1.82) is 0 Å². The highest BCUT2D eigenvalue weighted by Crippen LogP contribution is 2.35. The Labute approximate surface area is 265 Å². The van der Waals surface area contributed by atoms with Gasteiger partial charge in [0, 0.05) is 42.2 Å². The van der Waals surface area contributed by atoms with E-state index in [1.807, 2.05) is 24.4 Å². The summed E-state index contributed by atoms with van der Waals surface area (Å²) in [4.78, 5) is 47.8. The van der Waals surface area contributed by atoms with Crippen LogP contribution in [0.4, 0.5) is 16.2 Å². The van der Waals surface area contributed by atoms with Crippen molar-refractivity contribution >= 4 is 40.6 Å². The van der Waals surface area contributed by atoms with Crippen LogP contribution in [-0.2, 0) is 0 Å². The number of carbonyl (C=O) groups is 3. The number of aliphatic hydroxyl groups excluding tert-OH is 1. The van der Waals surface area contributed by atoms with Gasteiger partial charge in [0.1, 0.15) is 22.5 Å². The highest BCUT2D eigenvalue weighted by atomic mass is 32.1. The third-order valence-corrected chi connectivity index (χ3v) is 8.65. The lowest BCUT2D eigenvalue weighted by Crippen LogP contribution is -2.50. The Kier molecular flexibility index (Phi) is 9.49. The molecule has 1 aliphatic heterocycles. The molecule has 0 saturated carbocycles. The molecular weight excluding hydrogens is 596 g/mol. The predicted octanol–water partition coefficient (Wildman–Crippen LogP) is 5.05. The van der Waals surface area contributed by atoms with Crippen LogP contribution in [0.3, 0.4) is 0 Å². The molecule has 0 saturated heterocycles. The van der Waals surface area contributed by atoms with Crippen molar-refractivity contribution in [3.05, 3.63) is 76.6 Å². The quantitative estimate of drug-likeness (QED) is 0.244. The molecule has 4 aromatic rings. The summed E-state index contributed by atoms with van der Waals surface area (Å²) in [5.41, 5.74) is 2.94. The summed E-state index contributed by atoms with van der Waals surface area (Å²) < 4.78 is 11.7. The van der Waals surface area contributed by atoms with Crippen molar-refractivity contribution in [3.63, 3.8) is 0 Å². The molecule has 0 fully saturated rings. The molecule has 0 spiro atoms.